The van der Waals surface area contributed by atoms with Crippen LogP contribution < -0.4 is 0 Å². The molecule has 2 aromatic rings. The molecule has 0 aliphatic heterocycles. The molecule has 94 valence electrons. The van der Waals surface area contributed by atoms with Crippen LogP contribution in [0.2, 0.25) is 0 Å². The fourth-order valence-corrected chi connectivity index (χ4v) is 2.26. The second-order valence-corrected chi connectivity index (χ2v) is 4.37. The van der Waals surface area contributed by atoms with Crippen LogP contribution in [0.25, 0.3) is 10.8 Å². The molecule has 0 fully saturated rings. The summed E-state index contributed by atoms with van der Waals surface area (Å²) in [6.45, 7) is 1.77. The van der Waals surface area contributed by atoms with Gasteiger partial charge in [0.1, 0.15) is 0 Å². The second-order valence-electron chi connectivity index (χ2n) is 4.37. The molecular formula is C15H16O3. The molecule has 2 N–H and O–H groups in total. The monoisotopic (exact) mass is 244 g/mol. The van der Waals surface area contributed by atoms with Crippen molar-refractivity contribution in [1.29, 1.82) is 0 Å². The van der Waals surface area contributed by atoms with Crippen molar-refractivity contribution in [1.82, 2.24) is 0 Å². The summed E-state index contributed by atoms with van der Waals surface area (Å²) >= 11 is 0. The number of benzene rings is 2. The highest BCUT2D eigenvalue weighted by atomic mass is 16.4. The Labute approximate surface area is 106 Å². The van der Waals surface area contributed by atoms with Gasteiger partial charge in [-0.3, -0.25) is 4.79 Å². The Bertz CT molecular complexity index is 557. The number of carboxylic acids is 1. The number of aliphatic hydroxyl groups excluding tert-OH is 1. The van der Waals surface area contributed by atoms with E-state index < -0.39 is 18.0 Å². The van der Waals surface area contributed by atoms with Crippen LogP contribution in [0, 0.1) is 5.92 Å². The van der Waals surface area contributed by atoms with Crippen LogP contribution in [0.5, 0.6) is 0 Å². The van der Waals surface area contributed by atoms with Gasteiger partial charge in [0.2, 0.25) is 0 Å². The molecule has 0 bridgehead atoms. The average Bonchev–Trinajstić information content (AvgIpc) is 2.38. The van der Waals surface area contributed by atoms with Crippen LogP contribution in [-0.2, 0) is 4.79 Å². The third-order valence-electron chi connectivity index (χ3n) is 3.28. The van der Waals surface area contributed by atoms with Crippen molar-refractivity contribution in [2.24, 2.45) is 5.92 Å². The van der Waals surface area contributed by atoms with E-state index >= 15 is 0 Å². The Morgan fingerprint density at radius 3 is 2.50 bits per heavy atom. The number of carboxylic acid groups (broad SMARTS) is 1. The number of fused-ring (bicyclic) bond motifs is 1. The summed E-state index contributed by atoms with van der Waals surface area (Å²) in [7, 11) is 0. The summed E-state index contributed by atoms with van der Waals surface area (Å²) in [5.41, 5.74) is 0.683. The molecule has 0 saturated heterocycles. The summed E-state index contributed by atoms with van der Waals surface area (Å²) in [6.07, 6.45) is -0.571. The highest BCUT2D eigenvalue weighted by Gasteiger charge is 2.26. The maximum Gasteiger partial charge on any atom is 0.309 e. The van der Waals surface area contributed by atoms with Crippen molar-refractivity contribution in [3.8, 4) is 0 Å². The van der Waals surface area contributed by atoms with Gasteiger partial charge in [-0.1, -0.05) is 49.4 Å². The van der Waals surface area contributed by atoms with Gasteiger partial charge in [-0.2, -0.15) is 0 Å². The van der Waals surface area contributed by atoms with Crippen LogP contribution in [-0.4, -0.2) is 16.2 Å². The fourth-order valence-electron chi connectivity index (χ4n) is 2.26. The number of hydrogen-bond acceptors (Lipinski definition) is 2. The molecule has 0 radical (unpaired) electrons. The lowest BCUT2D eigenvalue weighted by molar-refractivity contribution is -0.146. The minimum atomic E-state index is -0.974. The Hall–Kier alpha value is -1.87. The van der Waals surface area contributed by atoms with Gasteiger partial charge in [0.05, 0.1) is 12.0 Å². The zero-order valence-electron chi connectivity index (χ0n) is 10.2. The van der Waals surface area contributed by atoms with Crippen molar-refractivity contribution in [3.63, 3.8) is 0 Å². The van der Waals surface area contributed by atoms with E-state index in [9.17, 15) is 9.90 Å². The van der Waals surface area contributed by atoms with Crippen molar-refractivity contribution in [2.75, 3.05) is 0 Å². The van der Waals surface area contributed by atoms with E-state index in [4.69, 9.17) is 5.11 Å². The predicted octanol–water partition coefficient (Wildman–Crippen LogP) is 2.98. The molecule has 2 rings (SSSR count). The quantitative estimate of drug-likeness (QED) is 0.869. The van der Waals surface area contributed by atoms with Crippen molar-refractivity contribution in [2.45, 2.75) is 19.4 Å². The minimum absolute atomic E-state index is 0.403. The first-order valence-electron chi connectivity index (χ1n) is 6.03. The first-order chi connectivity index (χ1) is 8.65. The van der Waals surface area contributed by atoms with Crippen LogP contribution in [0.4, 0.5) is 0 Å². The van der Waals surface area contributed by atoms with E-state index in [2.05, 4.69) is 0 Å². The van der Waals surface area contributed by atoms with Gasteiger partial charge in [0, 0.05) is 0 Å². The maximum atomic E-state index is 11.1. The molecule has 3 nitrogen and oxygen atoms in total. The van der Waals surface area contributed by atoms with Crippen LogP contribution in [0.3, 0.4) is 0 Å². The smallest absolute Gasteiger partial charge is 0.309 e. The number of aliphatic hydroxyl groups is 1. The highest BCUT2D eigenvalue weighted by molar-refractivity contribution is 5.86. The van der Waals surface area contributed by atoms with Gasteiger partial charge >= 0.3 is 5.97 Å². The van der Waals surface area contributed by atoms with Gasteiger partial charge in [-0.25, -0.2) is 0 Å². The molecule has 0 saturated carbocycles. The third kappa shape index (κ3) is 2.22. The van der Waals surface area contributed by atoms with Crippen molar-refractivity contribution < 1.29 is 15.0 Å². The van der Waals surface area contributed by atoms with E-state index in [1.54, 1.807) is 13.0 Å². The van der Waals surface area contributed by atoms with Crippen LogP contribution in [0.1, 0.15) is 25.0 Å². The minimum Gasteiger partial charge on any atom is -0.481 e. The average molecular weight is 244 g/mol. The van der Waals surface area contributed by atoms with Gasteiger partial charge in [-0.15, -0.1) is 0 Å². The van der Waals surface area contributed by atoms with E-state index in [1.807, 2.05) is 36.4 Å². The van der Waals surface area contributed by atoms with Crippen LogP contribution in [0.15, 0.2) is 42.5 Å². The molecule has 2 aromatic carbocycles. The molecule has 0 aliphatic rings. The van der Waals surface area contributed by atoms with Gasteiger partial charge in [-0.05, 0) is 22.8 Å². The normalized spacial score (nSPS) is 14.3. The summed E-state index contributed by atoms with van der Waals surface area (Å²) in [5, 5.41) is 21.3. The Morgan fingerprint density at radius 2 is 1.83 bits per heavy atom. The zero-order valence-corrected chi connectivity index (χ0v) is 10.2. The number of carbonyl (C=O) groups is 1. The van der Waals surface area contributed by atoms with E-state index in [-0.39, 0.29) is 0 Å². The Kier molecular flexibility index (Phi) is 3.63. The standard InChI is InChI=1S/C15H16O3/c1-2-11(15(17)18)14(16)13-9-5-7-10-6-3-4-8-12(10)13/h3-9,11,14,16H,2H2,1H3,(H,17,18)/t11-,14+/m0/s1. The van der Waals surface area contributed by atoms with Gasteiger partial charge in [0.15, 0.2) is 0 Å². The summed E-state index contributed by atoms with van der Waals surface area (Å²) < 4.78 is 0. The van der Waals surface area contributed by atoms with Crippen LogP contribution >= 0.6 is 0 Å². The number of rotatable bonds is 4. The maximum absolute atomic E-state index is 11.1. The molecule has 0 unspecified atom stereocenters. The second kappa shape index (κ2) is 5.19. The fraction of sp³-hybridized carbons (Fsp3) is 0.267. The first-order valence-corrected chi connectivity index (χ1v) is 6.03. The Morgan fingerprint density at radius 1 is 1.17 bits per heavy atom. The van der Waals surface area contributed by atoms with Gasteiger partial charge in [0.25, 0.3) is 0 Å². The number of hydrogen-bond donors (Lipinski definition) is 2. The van der Waals surface area contributed by atoms with E-state index in [1.165, 1.54) is 0 Å². The molecule has 0 aromatic heterocycles. The topological polar surface area (TPSA) is 57.5 Å². The third-order valence-corrected chi connectivity index (χ3v) is 3.28. The lowest BCUT2D eigenvalue weighted by atomic mass is 9.90. The molecule has 18 heavy (non-hydrogen) atoms. The molecule has 3 heteroatoms. The van der Waals surface area contributed by atoms with E-state index in [0.29, 0.717) is 12.0 Å². The molecule has 0 amide bonds. The molecular weight excluding hydrogens is 228 g/mol. The largest absolute Gasteiger partial charge is 0.481 e. The summed E-state index contributed by atoms with van der Waals surface area (Å²) in [6, 6.07) is 13.3. The lowest BCUT2D eigenvalue weighted by Gasteiger charge is -2.19. The summed E-state index contributed by atoms with van der Waals surface area (Å²) in [4.78, 5) is 11.1. The first kappa shape index (κ1) is 12.6. The van der Waals surface area contributed by atoms with Gasteiger partial charge < -0.3 is 10.2 Å². The highest BCUT2D eigenvalue weighted by Crippen LogP contribution is 2.30. The molecule has 0 heterocycles. The SMILES string of the molecule is CC[C@H](C(=O)O)[C@@H](O)c1cccc2ccccc12. The Balaban J connectivity index is 2.50. The van der Waals surface area contributed by atoms with Crippen molar-refractivity contribution >= 4 is 16.7 Å². The van der Waals surface area contributed by atoms with E-state index in [0.717, 1.165) is 10.8 Å². The number of aliphatic carboxylic acids is 1. The zero-order chi connectivity index (χ0) is 13.1. The predicted molar refractivity (Wildman–Crippen MR) is 70.3 cm³/mol. The molecule has 0 aliphatic carbocycles. The molecule has 0 spiro atoms. The summed E-state index contributed by atoms with van der Waals surface area (Å²) in [5.74, 6) is -1.73. The van der Waals surface area contributed by atoms with Crippen molar-refractivity contribution in [3.05, 3.63) is 48.0 Å². The molecule has 2 atom stereocenters. The lowest BCUT2D eigenvalue weighted by Crippen LogP contribution is -2.21.